The van der Waals surface area contributed by atoms with Crippen LogP contribution in [-0.2, 0) is 4.43 Å². The van der Waals surface area contributed by atoms with Gasteiger partial charge in [-0.05, 0) is 93.0 Å². The predicted molar refractivity (Wildman–Crippen MR) is 132 cm³/mol. The van der Waals surface area contributed by atoms with Crippen LogP contribution >= 0.6 is 0 Å². The van der Waals surface area contributed by atoms with E-state index in [-0.39, 0.29) is 28.4 Å². The normalized spacial score (nSPS) is 36.2. The van der Waals surface area contributed by atoms with Crippen LogP contribution in [0.4, 0.5) is 0 Å². The molecule has 0 radical (unpaired) electrons. The van der Waals surface area contributed by atoms with Gasteiger partial charge < -0.3 is 9.53 Å². The van der Waals surface area contributed by atoms with Crippen LogP contribution in [0.15, 0.2) is 0 Å². The summed E-state index contributed by atoms with van der Waals surface area (Å²) in [6.45, 7) is 10.1. The van der Waals surface area contributed by atoms with Gasteiger partial charge in [0.1, 0.15) is 0 Å². The van der Waals surface area contributed by atoms with Crippen LogP contribution in [0.5, 0.6) is 0 Å². The van der Waals surface area contributed by atoms with Crippen molar-refractivity contribution in [1.82, 2.24) is 0 Å². The van der Waals surface area contributed by atoms with Crippen LogP contribution in [-0.4, -0.2) is 25.1 Å². The average molecular weight is 441 g/mol. The van der Waals surface area contributed by atoms with Crippen LogP contribution in [0.1, 0.15) is 114 Å². The van der Waals surface area contributed by atoms with Gasteiger partial charge in [0.05, 0.1) is 5.60 Å². The van der Waals surface area contributed by atoms with E-state index >= 15 is 0 Å². The molecule has 2 aliphatic rings. The molecule has 1 N–H and O–H groups in total. The Bertz CT molecular complexity index is 795. The lowest BCUT2D eigenvalue weighted by Gasteiger charge is -2.52. The van der Waals surface area contributed by atoms with E-state index in [0.29, 0.717) is 31.1 Å². The molecule has 174 valence electrons. The van der Waals surface area contributed by atoms with Crippen molar-refractivity contribution in [2.75, 3.05) is 0 Å². The highest BCUT2D eigenvalue weighted by atomic mass is 28.4. The van der Waals surface area contributed by atoms with Gasteiger partial charge in [0, 0.05) is 20.7 Å². The van der Waals surface area contributed by atoms with Crippen molar-refractivity contribution in [1.29, 1.82) is 0 Å². The molecular formula is C27H50O2Si. The number of rotatable bonds is 8. The first-order chi connectivity index (χ1) is 16.1. The summed E-state index contributed by atoms with van der Waals surface area (Å²) in [5, 5.41) is 10.9. The fraction of sp³-hybridized carbons (Fsp3) is 0.926. The van der Waals surface area contributed by atoms with Crippen molar-refractivity contribution in [2.45, 2.75) is 136 Å². The zero-order chi connectivity index (χ0) is 28.0. The first kappa shape index (κ1) is 18.2. The number of fused-ring (bicyclic) bond motifs is 1. The number of aliphatic hydroxyl groups is 1. The number of hydrogen-bond donors (Lipinski definition) is 1. The largest absolute Gasteiger partial charge is 0.414 e. The predicted octanol–water partition coefficient (Wildman–Crippen LogP) is 7.56. The van der Waals surface area contributed by atoms with Gasteiger partial charge in [-0.15, -0.1) is 12.3 Å². The van der Waals surface area contributed by atoms with Crippen molar-refractivity contribution in [3.63, 3.8) is 0 Å². The maximum atomic E-state index is 10.7. The van der Waals surface area contributed by atoms with E-state index in [2.05, 4.69) is 53.6 Å². The topological polar surface area (TPSA) is 29.5 Å². The fourth-order valence-electron chi connectivity index (χ4n) is 6.33. The molecule has 3 heteroatoms. The molecule has 0 aliphatic heterocycles. The van der Waals surface area contributed by atoms with Crippen LogP contribution in [0.25, 0.3) is 0 Å². The lowest BCUT2D eigenvalue weighted by atomic mass is 9.56. The summed E-state index contributed by atoms with van der Waals surface area (Å²) >= 11 is 0. The van der Waals surface area contributed by atoms with Crippen LogP contribution in [0, 0.1) is 35.0 Å². The fourth-order valence-corrected chi connectivity index (χ4v) is 7.72. The van der Waals surface area contributed by atoms with Crippen molar-refractivity contribution in [3.05, 3.63) is 0 Å². The Hall–Kier alpha value is -0.303. The second kappa shape index (κ2) is 8.91. The minimum absolute atomic E-state index is 0.0707. The minimum atomic E-state index is -2.98. The minimum Gasteiger partial charge on any atom is -0.414 e. The summed E-state index contributed by atoms with van der Waals surface area (Å²) in [5.41, 5.74) is -2.91. The molecular weight excluding hydrogens is 384 g/mol. The van der Waals surface area contributed by atoms with Gasteiger partial charge >= 0.3 is 0 Å². The molecule has 0 amide bonds. The Kier molecular flexibility index (Phi) is 5.40. The molecule has 0 aromatic rings. The van der Waals surface area contributed by atoms with Gasteiger partial charge in [-0.25, -0.2) is 0 Å². The standard InChI is InChI=1S/C27H50O2Si/c1-11-17-26(7,19-13-18-25(5,6)28)23-16-15-21-22(14-12-20-27(21,23)8)29-30(9,10)24(2,3)4/h1,21-23,28H,12-20H2,2-10H3/t21?,22-,23+,26?,27-/m0/s1/i5D3,6D3. The lowest BCUT2D eigenvalue weighted by Crippen LogP contribution is -2.51. The number of hydrogen-bond acceptors (Lipinski definition) is 2. The Morgan fingerprint density at radius 3 is 2.40 bits per heavy atom. The van der Waals surface area contributed by atoms with E-state index in [9.17, 15) is 5.11 Å². The molecule has 5 atom stereocenters. The molecule has 2 fully saturated rings. The van der Waals surface area contributed by atoms with Gasteiger partial charge in [0.2, 0.25) is 0 Å². The maximum Gasteiger partial charge on any atom is 0.192 e. The van der Waals surface area contributed by atoms with Gasteiger partial charge in [-0.3, -0.25) is 0 Å². The van der Waals surface area contributed by atoms with Crippen molar-refractivity contribution in [3.8, 4) is 12.3 Å². The molecule has 2 rings (SSSR count). The summed E-state index contributed by atoms with van der Waals surface area (Å²) in [4.78, 5) is 0. The third-order valence-corrected chi connectivity index (χ3v) is 13.5. The molecule has 0 aromatic carbocycles. The van der Waals surface area contributed by atoms with Crippen LogP contribution < -0.4 is 0 Å². The quantitative estimate of drug-likeness (QED) is 0.311. The van der Waals surface area contributed by atoms with Gasteiger partial charge in [-0.2, -0.15) is 0 Å². The van der Waals surface area contributed by atoms with Gasteiger partial charge in [0.25, 0.3) is 0 Å². The zero-order valence-corrected chi connectivity index (χ0v) is 21.5. The van der Waals surface area contributed by atoms with E-state index in [4.69, 9.17) is 19.1 Å². The van der Waals surface area contributed by atoms with E-state index in [1.165, 1.54) is 0 Å². The monoisotopic (exact) mass is 440 g/mol. The molecule has 2 unspecified atom stereocenters. The first-order valence-electron chi connectivity index (χ1n) is 14.9. The molecule has 0 heterocycles. The lowest BCUT2D eigenvalue weighted by molar-refractivity contribution is -0.0444. The zero-order valence-electron chi connectivity index (χ0n) is 26.5. The van der Waals surface area contributed by atoms with E-state index < -0.39 is 27.6 Å². The second-order valence-electron chi connectivity index (χ2n) is 12.3. The molecule has 0 aromatic heterocycles. The van der Waals surface area contributed by atoms with Crippen LogP contribution in [0.2, 0.25) is 18.1 Å². The van der Waals surface area contributed by atoms with Crippen molar-refractivity contribution >= 4 is 8.32 Å². The second-order valence-corrected chi connectivity index (χ2v) is 17.1. The van der Waals surface area contributed by atoms with Gasteiger partial charge in [-0.1, -0.05) is 47.5 Å². The molecule has 0 bridgehead atoms. The highest BCUT2D eigenvalue weighted by Gasteiger charge is 2.57. The van der Waals surface area contributed by atoms with E-state index in [1.54, 1.807) is 0 Å². The highest BCUT2D eigenvalue weighted by Crippen LogP contribution is 2.63. The first-order valence-corrected chi connectivity index (χ1v) is 14.8. The summed E-state index contributed by atoms with van der Waals surface area (Å²) in [6, 6.07) is 0. The SMILES string of the molecule is [2H]C([2H])([2H])C(O)(CCCC(C)(CC#C)[C@H]1CCC2[C@@H](O[Si](C)(C)C(C)(C)C)CCC[C@@]21C)C([2H])([2H])[2H]. The maximum absolute atomic E-state index is 10.7. The van der Waals surface area contributed by atoms with Gasteiger partial charge in [0.15, 0.2) is 8.32 Å². The Morgan fingerprint density at radius 2 is 1.83 bits per heavy atom. The summed E-state index contributed by atoms with van der Waals surface area (Å²) in [7, 11) is -1.91. The highest BCUT2D eigenvalue weighted by molar-refractivity contribution is 6.74. The molecule has 2 saturated carbocycles. The smallest absolute Gasteiger partial charge is 0.192 e. The molecule has 30 heavy (non-hydrogen) atoms. The Labute approximate surface area is 197 Å². The Morgan fingerprint density at radius 1 is 1.17 bits per heavy atom. The summed E-state index contributed by atoms with van der Waals surface area (Å²) in [5.74, 6) is 3.67. The van der Waals surface area contributed by atoms with Crippen LogP contribution in [0.3, 0.4) is 0 Å². The summed E-state index contributed by atoms with van der Waals surface area (Å²) < 4.78 is 53.1. The average Bonchev–Trinajstić information content (AvgIpc) is 3.04. The summed E-state index contributed by atoms with van der Waals surface area (Å²) in [6.07, 6.45) is 12.7. The molecule has 2 nitrogen and oxygen atoms in total. The van der Waals surface area contributed by atoms with E-state index in [0.717, 1.165) is 32.1 Å². The van der Waals surface area contributed by atoms with Crippen molar-refractivity contribution < 1.29 is 17.8 Å². The third kappa shape index (κ3) is 5.54. The number of terminal acetylenes is 1. The van der Waals surface area contributed by atoms with E-state index in [1.807, 2.05) is 0 Å². The molecule has 2 aliphatic carbocycles. The molecule has 0 saturated heterocycles. The van der Waals surface area contributed by atoms with Crippen molar-refractivity contribution in [2.24, 2.45) is 22.7 Å². The third-order valence-electron chi connectivity index (χ3n) is 8.95. The molecule has 0 spiro atoms. The Balaban J connectivity index is 2.27.